The van der Waals surface area contributed by atoms with Gasteiger partial charge in [-0.15, -0.1) is 0 Å². The van der Waals surface area contributed by atoms with Crippen LogP contribution in [-0.2, 0) is 18.9 Å². The number of carbonyl (C=O) groups excluding carboxylic acids is 1. The average Bonchev–Trinajstić information content (AvgIpc) is 2.49. The first-order valence-corrected chi connectivity index (χ1v) is 6.28. The number of carbonyl (C=O) groups is 1. The van der Waals surface area contributed by atoms with E-state index in [0.717, 1.165) is 0 Å². The van der Waals surface area contributed by atoms with Crippen molar-refractivity contribution < 1.29 is 28.8 Å². The van der Waals surface area contributed by atoms with Crippen LogP contribution in [0.4, 0.5) is 0 Å². The highest BCUT2D eigenvalue weighted by molar-refractivity contribution is 5.89. The fourth-order valence-corrected chi connectivity index (χ4v) is 2.12. The van der Waals surface area contributed by atoms with Gasteiger partial charge < -0.3 is 24.1 Å². The maximum atomic E-state index is 12.0. The minimum Gasteiger partial charge on any atom is -0.453 e. The summed E-state index contributed by atoms with van der Waals surface area (Å²) in [6.45, 7) is 0.0190. The van der Waals surface area contributed by atoms with E-state index in [2.05, 4.69) is 0 Å². The number of methoxy groups -OCH3 is 2. The molecule has 1 fully saturated rings. The molecule has 0 bridgehead atoms. The van der Waals surface area contributed by atoms with E-state index in [1.165, 1.54) is 14.2 Å². The van der Waals surface area contributed by atoms with Crippen LogP contribution in [0.15, 0.2) is 30.3 Å². The van der Waals surface area contributed by atoms with E-state index in [0.29, 0.717) is 5.56 Å². The molecule has 2 rings (SSSR count). The number of rotatable bonds is 4. The SMILES string of the molecule is CO[C@@H]1OC[C@@H](O)[C@H](OC(=O)c2ccccc2)[C@H]1OC. The number of esters is 1. The molecule has 0 amide bonds. The second-order valence-electron chi connectivity index (χ2n) is 4.44. The maximum Gasteiger partial charge on any atom is 0.338 e. The summed E-state index contributed by atoms with van der Waals surface area (Å²) >= 11 is 0. The third kappa shape index (κ3) is 3.16. The van der Waals surface area contributed by atoms with Crippen molar-refractivity contribution in [3.8, 4) is 0 Å². The number of hydrogen-bond donors (Lipinski definition) is 1. The first-order chi connectivity index (χ1) is 9.67. The van der Waals surface area contributed by atoms with Gasteiger partial charge in [-0.25, -0.2) is 4.79 Å². The van der Waals surface area contributed by atoms with Crippen LogP contribution in [0, 0.1) is 0 Å². The lowest BCUT2D eigenvalue weighted by atomic mass is 10.0. The van der Waals surface area contributed by atoms with Crippen molar-refractivity contribution in [3.63, 3.8) is 0 Å². The summed E-state index contributed by atoms with van der Waals surface area (Å²) in [6.07, 6.45) is -3.17. The van der Waals surface area contributed by atoms with Crippen LogP contribution in [0.1, 0.15) is 10.4 Å². The van der Waals surface area contributed by atoms with Gasteiger partial charge in [-0.2, -0.15) is 0 Å². The van der Waals surface area contributed by atoms with Gasteiger partial charge in [-0.05, 0) is 12.1 Å². The van der Waals surface area contributed by atoms with Crippen molar-refractivity contribution in [2.45, 2.75) is 24.6 Å². The zero-order chi connectivity index (χ0) is 14.5. The van der Waals surface area contributed by atoms with Crippen LogP contribution >= 0.6 is 0 Å². The first kappa shape index (κ1) is 14.9. The minimum absolute atomic E-state index is 0.0190. The van der Waals surface area contributed by atoms with Crippen molar-refractivity contribution in [3.05, 3.63) is 35.9 Å². The number of aliphatic hydroxyl groups is 1. The molecule has 6 nitrogen and oxygen atoms in total. The average molecular weight is 282 g/mol. The quantitative estimate of drug-likeness (QED) is 0.815. The molecule has 4 atom stereocenters. The third-order valence-corrected chi connectivity index (χ3v) is 3.16. The summed E-state index contributed by atoms with van der Waals surface area (Å²) in [5.41, 5.74) is 0.412. The van der Waals surface area contributed by atoms with Gasteiger partial charge in [0.25, 0.3) is 0 Å². The fraction of sp³-hybridized carbons (Fsp3) is 0.500. The van der Waals surface area contributed by atoms with E-state index >= 15 is 0 Å². The molecule has 1 N–H and O–H groups in total. The smallest absolute Gasteiger partial charge is 0.338 e. The van der Waals surface area contributed by atoms with Crippen LogP contribution in [0.25, 0.3) is 0 Å². The predicted octanol–water partition coefficient (Wildman–Crippen LogP) is 0.591. The van der Waals surface area contributed by atoms with Gasteiger partial charge in [0.2, 0.25) is 0 Å². The van der Waals surface area contributed by atoms with Crippen molar-refractivity contribution in [2.75, 3.05) is 20.8 Å². The van der Waals surface area contributed by atoms with Gasteiger partial charge in [0.15, 0.2) is 12.4 Å². The lowest BCUT2D eigenvalue weighted by Gasteiger charge is -2.38. The lowest BCUT2D eigenvalue weighted by molar-refractivity contribution is -0.267. The molecule has 1 aromatic carbocycles. The molecular weight excluding hydrogens is 264 g/mol. The molecule has 110 valence electrons. The predicted molar refractivity (Wildman–Crippen MR) is 69.2 cm³/mol. The number of aliphatic hydroxyl groups excluding tert-OH is 1. The molecule has 0 saturated carbocycles. The Bertz CT molecular complexity index is 435. The largest absolute Gasteiger partial charge is 0.453 e. The highest BCUT2D eigenvalue weighted by Crippen LogP contribution is 2.22. The Morgan fingerprint density at radius 2 is 1.90 bits per heavy atom. The van der Waals surface area contributed by atoms with Crippen LogP contribution in [0.5, 0.6) is 0 Å². The zero-order valence-corrected chi connectivity index (χ0v) is 11.4. The molecule has 0 spiro atoms. The Morgan fingerprint density at radius 1 is 1.20 bits per heavy atom. The Hall–Kier alpha value is -1.47. The summed E-state index contributed by atoms with van der Waals surface area (Å²) in [5.74, 6) is -0.520. The van der Waals surface area contributed by atoms with E-state index in [9.17, 15) is 9.90 Å². The van der Waals surface area contributed by atoms with Gasteiger partial charge in [-0.3, -0.25) is 0 Å². The first-order valence-electron chi connectivity index (χ1n) is 6.28. The molecule has 0 unspecified atom stereocenters. The van der Waals surface area contributed by atoms with Gasteiger partial charge in [0, 0.05) is 14.2 Å². The van der Waals surface area contributed by atoms with E-state index < -0.39 is 30.6 Å². The number of ether oxygens (including phenoxy) is 4. The highest BCUT2D eigenvalue weighted by atomic mass is 16.7. The standard InChI is InChI=1S/C14H18O6/c1-17-12-11(10(15)8-19-14(12)18-2)20-13(16)9-6-4-3-5-7-9/h3-7,10-12,14-15H,8H2,1-2H3/t10-,11+,12-,14-/m1/s1. The molecule has 1 aliphatic heterocycles. The van der Waals surface area contributed by atoms with Crippen molar-refractivity contribution in [1.82, 2.24) is 0 Å². The summed E-state index contributed by atoms with van der Waals surface area (Å²) < 4.78 is 21.0. The van der Waals surface area contributed by atoms with E-state index in [1.807, 2.05) is 0 Å². The zero-order valence-electron chi connectivity index (χ0n) is 11.4. The molecule has 0 radical (unpaired) electrons. The molecule has 1 aromatic rings. The fourth-order valence-electron chi connectivity index (χ4n) is 2.12. The van der Waals surface area contributed by atoms with Crippen LogP contribution in [0.2, 0.25) is 0 Å². The molecule has 6 heteroatoms. The molecular formula is C14H18O6. The molecule has 20 heavy (non-hydrogen) atoms. The van der Waals surface area contributed by atoms with Crippen LogP contribution in [0.3, 0.4) is 0 Å². The van der Waals surface area contributed by atoms with Gasteiger partial charge in [0.1, 0.15) is 12.2 Å². The van der Waals surface area contributed by atoms with Crippen LogP contribution in [-0.4, -0.2) is 56.5 Å². The normalized spacial score (nSPS) is 29.9. The monoisotopic (exact) mass is 282 g/mol. The van der Waals surface area contributed by atoms with Gasteiger partial charge in [0.05, 0.1) is 12.2 Å². The van der Waals surface area contributed by atoms with Gasteiger partial charge in [-0.1, -0.05) is 18.2 Å². The van der Waals surface area contributed by atoms with Crippen molar-refractivity contribution >= 4 is 5.97 Å². The van der Waals surface area contributed by atoms with E-state index in [1.54, 1.807) is 30.3 Å². The van der Waals surface area contributed by atoms with E-state index in [-0.39, 0.29) is 6.61 Å². The maximum absolute atomic E-state index is 12.0. The second kappa shape index (κ2) is 6.81. The Labute approximate surface area is 117 Å². The summed E-state index contributed by atoms with van der Waals surface area (Å²) in [6, 6.07) is 8.57. The van der Waals surface area contributed by atoms with Crippen molar-refractivity contribution in [2.24, 2.45) is 0 Å². The number of hydrogen-bond acceptors (Lipinski definition) is 6. The summed E-state index contributed by atoms with van der Waals surface area (Å²) in [4.78, 5) is 12.0. The molecule has 1 saturated heterocycles. The minimum atomic E-state index is -0.959. The topological polar surface area (TPSA) is 74.2 Å². The highest BCUT2D eigenvalue weighted by Gasteiger charge is 2.43. The third-order valence-electron chi connectivity index (χ3n) is 3.16. The summed E-state index contributed by atoms with van der Waals surface area (Å²) in [5, 5.41) is 9.94. The molecule has 0 aliphatic carbocycles. The lowest BCUT2D eigenvalue weighted by Crippen LogP contribution is -2.56. The molecule has 1 heterocycles. The van der Waals surface area contributed by atoms with Gasteiger partial charge >= 0.3 is 5.97 Å². The summed E-state index contributed by atoms with van der Waals surface area (Å²) in [7, 11) is 2.91. The number of benzene rings is 1. The second-order valence-corrected chi connectivity index (χ2v) is 4.44. The van der Waals surface area contributed by atoms with Crippen LogP contribution < -0.4 is 0 Å². The Morgan fingerprint density at radius 3 is 2.50 bits per heavy atom. The van der Waals surface area contributed by atoms with E-state index in [4.69, 9.17) is 18.9 Å². The Kier molecular flexibility index (Phi) is 5.08. The van der Waals surface area contributed by atoms with Crippen molar-refractivity contribution in [1.29, 1.82) is 0 Å². The molecule has 1 aliphatic rings. The Balaban J connectivity index is 2.10. The molecule has 0 aromatic heterocycles.